The predicted octanol–water partition coefficient (Wildman–Crippen LogP) is 0.978. The lowest BCUT2D eigenvalue weighted by atomic mass is 10.1. The lowest BCUT2D eigenvalue weighted by molar-refractivity contribution is 0.586. The number of rotatable bonds is 3. The van der Waals surface area contributed by atoms with Crippen LogP contribution in [0.3, 0.4) is 0 Å². The Morgan fingerprint density at radius 2 is 2.08 bits per heavy atom. The lowest BCUT2D eigenvalue weighted by Gasteiger charge is -2.08. The topological polar surface area (TPSA) is 49.8 Å². The Balaban J connectivity index is 2.69. The van der Waals surface area contributed by atoms with Crippen LogP contribution in [0.4, 0.5) is 4.39 Å². The molecule has 1 radical (unpaired) electrons. The van der Waals surface area contributed by atoms with Crippen molar-refractivity contribution in [1.29, 1.82) is 0 Å². The molecule has 0 aromatic heterocycles. The first-order valence-corrected chi connectivity index (χ1v) is 3.87. The van der Waals surface area contributed by atoms with Gasteiger partial charge in [-0.25, -0.2) is 4.39 Å². The number of nitrogens with one attached hydrogen (secondary N) is 1. The number of hydrogen-bond donors (Lipinski definition) is 1. The maximum absolute atomic E-state index is 13.0. The molecule has 0 saturated carbocycles. The fraction of sp³-hybridized carbons (Fsp3) is 0.333. The third kappa shape index (κ3) is 2.29. The van der Waals surface area contributed by atoms with Gasteiger partial charge in [0.1, 0.15) is 5.82 Å². The van der Waals surface area contributed by atoms with Crippen molar-refractivity contribution in [1.82, 2.24) is 5.73 Å². The standard InChI is InChI=1S/C9H12FN2/c10-9-4-2-1-3-7(9)5-8(12)6-11/h1-4,8,11H,5-6,12H2/t8-/m0/s1. The van der Waals surface area contributed by atoms with Crippen molar-refractivity contribution in [2.75, 3.05) is 6.54 Å². The van der Waals surface area contributed by atoms with Crippen LogP contribution in [0.1, 0.15) is 5.56 Å². The van der Waals surface area contributed by atoms with E-state index in [0.717, 1.165) is 0 Å². The minimum atomic E-state index is -0.262. The fourth-order valence-electron chi connectivity index (χ4n) is 1.02. The largest absolute Gasteiger partial charge is 0.326 e. The second-order valence-corrected chi connectivity index (χ2v) is 2.76. The highest BCUT2D eigenvalue weighted by Gasteiger charge is 2.05. The average Bonchev–Trinajstić information content (AvgIpc) is 2.09. The van der Waals surface area contributed by atoms with E-state index in [2.05, 4.69) is 0 Å². The van der Waals surface area contributed by atoms with Crippen LogP contribution in [0.15, 0.2) is 24.3 Å². The van der Waals surface area contributed by atoms with Gasteiger partial charge in [0.05, 0.1) is 0 Å². The van der Waals surface area contributed by atoms with E-state index in [4.69, 9.17) is 11.5 Å². The molecule has 0 bridgehead atoms. The molecule has 2 nitrogen and oxygen atoms in total. The fourth-order valence-corrected chi connectivity index (χ4v) is 1.02. The molecule has 0 amide bonds. The average molecular weight is 167 g/mol. The summed E-state index contributed by atoms with van der Waals surface area (Å²) in [4.78, 5) is 0. The summed E-state index contributed by atoms with van der Waals surface area (Å²) in [6.45, 7) is 0.133. The SMILES string of the molecule is [NH]C[C@@H](N)Cc1ccccc1F. The van der Waals surface area contributed by atoms with Crippen LogP contribution >= 0.6 is 0 Å². The van der Waals surface area contributed by atoms with Crippen molar-refractivity contribution >= 4 is 0 Å². The van der Waals surface area contributed by atoms with Crippen molar-refractivity contribution < 1.29 is 4.39 Å². The third-order valence-corrected chi connectivity index (χ3v) is 1.70. The van der Waals surface area contributed by atoms with Crippen molar-refractivity contribution in [3.8, 4) is 0 Å². The molecule has 12 heavy (non-hydrogen) atoms. The van der Waals surface area contributed by atoms with Gasteiger partial charge in [-0.3, -0.25) is 5.73 Å². The molecule has 0 saturated heterocycles. The molecule has 0 aliphatic rings. The van der Waals surface area contributed by atoms with Crippen LogP contribution in [0.25, 0.3) is 0 Å². The predicted molar refractivity (Wildman–Crippen MR) is 46.0 cm³/mol. The summed E-state index contributed by atoms with van der Waals surface area (Å²) in [7, 11) is 0. The Hall–Kier alpha value is -0.930. The Kier molecular flexibility index (Phi) is 3.19. The number of benzene rings is 1. The van der Waals surface area contributed by atoms with Crippen molar-refractivity contribution in [3.05, 3.63) is 35.6 Å². The molecular formula is C9H12FN2. The minimum Gasteiger partial charge on any atom is -0.326 e. The van der Waals surface area contributed by atoms with E-state index in [1.807, 2.05) is 0 Å². The van der Waals surface area contributed by atoms with E-state index in [0.29, 0.717) is 12.0 Å². The normalized spacial score (nSPS) is 12.9. The van der Waals surface area contributed by atoms with Crippen LogP contribution in [-0.2, 0) is 6.42 Å². The Morgan fingerprint density at radius 1 is 1.42 bits per heavy atom. The van der Waals surface area contributed by atoms with E-state index >= 15 is 0 Å². The Labute approximate surface area is 71.4 Å². The summed E-state index contributed by atoms with van der Waals surface area (Å²) in [5.74, 6) is -0.235. The smallest absolute Gasteiger partial charge is 0.126 e. The van der Waals surface area contributed by atoms with Crippen molar-refractivity contribution in [2.45, 2.75) is 12.5 Å². The maximum atomic E-state index is 13.0. The summed E-state index contributed by atoms with van der Waals surface area (Å²) in [5.41, 5.74) is 13.1. The molecule has 0 aliphatic carbocycles. The van der Waals surface area contributed by atoms with E-state index < -0.39 is 0 Å². The zero-order valence-corrected chi connectivity index (χ0v) is 6.76. The number of nitrogens with two attached hydrogens (primary N) is 1. The van der Waals surface area contributed by atoms with Crippen LogP contribution in [-0.4, -0.2) is 12.6 Å². The number of halogens is 1. The summed E-state index contributed by atoms with van der Waals surface area (Å²) < 4.78 is 13.0. The first-order valence-electron chi connectivity index (χ1n) is 3.87. The van der Waals surface area contributed by atoms with Gasteiger partial charge < -0.3 is 5.73 Å². The Morgan fingerprint density at radius 3 is 2.67 bits per heavy atom. The van der Waals surface area contributed by atoms with E-state index in [1.54, 1.807) is 18.2 Å². The number of hydrogen-bond acceptors (Lipinski definition) is 1. The molecule has 1 atom stereocenters. The van der Waals surface area contributed by atoms with Gasteiger partial charge in [0.15, 0.2) is 0 Å². The first kappa shape index (κ1) is 9.16. The quantitative estimate of drug-likeness (QED) is 0.716. The van der Waals surface area contributed by atoms with E-state index in [-0.39, 0.29) is 18.4 Å². The van der Waals surface area contributed by atoms with Crippen molar-refractivity contribution in [3.63, 3.8) is 0 Å². The molecule has 1 aromatic rings. The second kappa shape index (κ2) is 4.18. The summed E-state index contributed by atoms with van der Waals surface area (Å²) in [6, 6.07) is 6.26. The molecule has 0 heterocycles. The molecule has 0 aliphatic heterocycles. The zero-order valence-electron chi connectivity index (χ0n) is 6.76. The third-order valence-electron chi connectivity index (χ3n) is 1.70. The van der Waals surface area contributed by atoms with Gasteiger partial charge in [-0.05, 0) is 18.1 Å². The van der Waals surface area contributed by atoms with Gasteiger partial charge in [0.2, 0.25) is 0 Å². The monoisotopic (exact) mass is 167 g/mol. The molecule has 65 valence electrons. The zero-order chi connectivity index (χ0) is 8.97. The van der Waals surface area contributed by atoms with Gasteiger partial charge in [0.25, 0.3) is 0 Å². The lowest BCUT2D eigenvalue weighted by Crippen LogP contribution is -2.28. The first-order chi connectivity index (χ1) is 5.74. The molecule has 0 spiro atoms. The highest BCUT2D eigenvalue weighted by Crippen LogP contribution is 2.07. The van der Waals surface area contributed by atoms with Crippen LogP contribution in [0.5, 0.6) is 0 Å². The molecule has 0 unspecified atom stereocenters. The summed E-state index contributed by atoms with van der Waals surface area (Å²) in [6.07, 6.45) is 0.441. The van der Waals surface area contributed by atoms with Gasteiger partial charge >= 0.3 is 0 Å². The highest BCUT2D eigenvalue weighted by atomic mass is 19.1. The minimum absolute atomic E-state index is 0.133. The molecule has 1 aromatic carbocycles. The summed E-state index contributed by atoms with van der Waals surface area (Å²) in [5, 5.41) is 0. The molecule has 0 fully saturated rings. The second-order valence-electron chi connectivity index (χ2n) is 2.76. The van der Waals surface area contributed by atoms with Gasteiger partial charge in [-0.15, -0.1) is 0 Å². The molecule has 1 rings (SSSR count). The van der Waals surface area contributed by atoms with E-state index in [1.165, 1.54) is 6.07 Å². The van der Waals surface area contributed by atoms with Gasteiger partial charge in [0, 0.05) is 12.6 Å². The van der Waals surface area contributed by atoms with Crippen molar-refractivity contribution in [2.24, 2.45) is 5.73 Å². The van der Waals surface area contributed by atoms with Crippen LogP contribution in [0, 0.1) is 5.82 Å². The highest BCUT2D eigenvalue weighted by molar-refractivity contribution is 5.18. The van der Waals surface area contributed by atoms with Crippen LogP contribution < -0.4 is 11.5 Å². The Bertz CT molecular complexity index is 250. The molecule has 3 heteroatoms. The maximum Gasteiger partial charge on any atom is 0.126 e. The molecular weight excluding hydrogens is 155 g/mol. The van der Waals surface area contributed by atoms with E-state index in [9.17, 15) is 4.39 Å². The summed E-state index contributed by atoms with van der Waals surface area (Å²) >= 11 is 0. The van der Waals surface area contributed by atoms with Gasteiger partial charge in [-0.2, -0.15) is 0 Å². The van der Waals surface area contributed by atoms with Gasteiger partial charge in [-0.1, -0.05) is 18.2 Å². The molecule has 3 N–H and O–H groups in total. The van der Waals surface area contributed by atoms with Crippen LogP contribution in [0.2, 0.25) is 0 Å².